The number of hydrogen-bond acceptors (Lipinski definition) is 5. The van der Waals surface area contributed by atoms with Gasteiger partial charge in [-0.25, -0.2) is 4.90 Å². The number of imide groups is 1. The molecule has 1 aliphatic carbocycles. The summed E-state index contributed by atoms with van der Waals surface area (Å²) in [7, 11) is -1.44. The Morgan fingerprint density at radius 1 is 0.929 bits per heavy atom. The number of fused-ring (bicyclic) bond motifs is 3. The Balaban J connectivity index is 1.59. The van der Waals surface area contributed by atoms with E-state index in [4.69, 9.17) is 4.65 Å². The third-order valence-electron chi connectivity index (χ3n) is 8.48. The maximum absolute atomic E-state index is 13.9. The van der Waals surface area contributed by atoms with E-state index < -0.39 is 72.0 Å². The zero-order valence-corrected chi connectivity index (χ0v) is 22.9. The lowest BCUT2D eigenvalue weighted by Crippen LogP contribution is -2.45. The van der Waals surface area contributed by atoms with Crippen LogP contribution in [-0.2, 0) is 26.6 Å². The molecule has 2 aromatic carbocycles. The summed E-state index contributed by atoms with van der Waals surface area (Å²) < 4.78 is 87.4. The molecule has 224 valence electrons. The van der Waals surface area contributed by atoms with Gasteiger partial charge in [0.2, 0.25) is 11.8 Å². The lowest BCUT2D eigenvalue weighted by molar-refractivity contribution is -0.143. The number of carbonyl (C=O) groups excluding carboxylic acids is 2. The van der Waals surface area contributed by atoms with Crippen LogP contribution >= 0.6 is 0 Å². The largest absolute Gasteiger partial charge is 0.507 e. The van der Waals surface area contributed by atoms with Crippen molar-refractivity contribution in [3.05, 3.63) is 69.2 Å². The number of amides is 2. The van der Waals surface area contributed by atoms with E-state index in [9.17, 15) is 46.1 Å². The first kappa shape index (κ1) is 30.2. The molecule has 2 saturated heterocycles. The number of allylic oxidation sites excluding steroid dienone is 2. The molecule has 2 fully saturated rings. The highest BCUT2D eigenvalue weighted by Crippen LogP contribution is 2.53. The monoisotopic (exact) mass is 595 g/mol. The minimum atomic E-state index is -5.16. The second kappa shape index (κ2) is 10.4. The van der Waals surface area contributed by atoms with Gasteiger partial charge in [0, 0.05) is 0 Å². The molecule has 0 radical (unpaired) electrons. The third kappa shape index (κ3) is 5.10. The average molecular weight is 595 g/mol. The van der Waals surface area contributed by atoms with Crippen molar-refractivity contribution in [2.45, 2.75) is 64.9 Å². The maximum atomic E-state index is 13.9. The van der Waals surface area contributed by atoms with Gasteiger partial charge in [-0.05, 0) is 91.5 Å². The SMILES string of the molecule is CCCC1=C2B(O)O[C@H](c3cc(C)c(O)c(C)c3)C[C@H]2[C@H]2C(=O)N(c3cc(C(F)(F)F)cc(C(F)(F)F)c3)C(=O)[C@H]2C1. The Kier molecular flexibility index (Phi) is 7.50. The molecular weight excluding hydrogens is 567 g/mol. The predicted molar refractivity (Wildman–Crippen MR) is 140 cm³/mol. The molecule has 6 nitrogen and oxygen atoms in total. The van der Waals surface area contributed by atoms with Gasteiger partial charge in [0.25, 0.3) is 0 Å². The van der Waals surface area contributed by atoms with E-state index in [-0.39, 0.29) is 24.7 Å². The molecule has 2 aromatic rings. The van der Waals surface area contributed by atoms with Crippen LogP contribution in [0.3, 0.4) is 0 Å². The molecule has 0 saturated carbocycles. The van der Waals surface area contributed by atoms with Crippen molar-refractivity contribution >= 4 is 24.6 Å². The lowest BCUT2D eigenvalue weighted by Gasteiger charge is -2.42. The fraction of sp³-hybridized carbons (Fsp3) is 0.448. The highest BCUT2D eigenvalue weighted by Gasteiger charge is 2.58. The number of phenols is 1. The number of phenolic OH excluding ortho intramolecular Hbond substituents is 1. The molecule has 0 aromatic heterocycles. The number of nitrogens with zero attached hydrogens (tertiary/aromatic N) is 1. The molecular formula is C29H28BF6NO5. The molecule has 4 atom stereocenters. The van der Waals surface area contributed by atoms with E-state index in [0.717, 1.165) is 0 Å². The van der Waals surface area contributed by atoms with Crippen LogP contribution in [0.25, 0.3) is 0 Å². The molecule has 5 rings (SSSR count). The molecule has 2 aliphatic heterocycles. The Morgan fingerprint density at radius 2 is 1.50 bits per heavy atom. The molecule has 42 heavy (non-hydrogen) atoms. The summed E-state index contributed by atoms with van der Waals surface area (Å²) in [5.41, 5.74) is -1.21. The van der Waals surface area contributed by atoms with Crippen LogP contribution < -0.4 is 4.90 Å². The topological polar surface area (TPSA) is 87.1 Å². The number of aromatic hydroxyl groups is 1. The summed E-state index contributed by atoms with van der Waals surface area (Å²) in [4.78, 5) is 28.0. The summed E-state index contributed by atoms with van der Waals surface area (Å²) in [6.45, 7) is 5.26. The van der Waals surface area contributed by atoms with Gasteiger partial charge in [-0.15, -0.1) is 0 Å². The molecule has 13 heteroatoms. The van der Waals surface area contributed by atoms with Gasteiger partial charge in [-0.1, -0.05) is 18.9 Å². The lowest BCUT2D eigenvalue weighted by atomic mass is 9.54. The normalized spacial score (nSPS) is 24.8. The first-order valence-corrected chi connectivity index (χ1v) is 13.6. The highest BCUT2D eigenvalue weighted by atomic mass is 19.4. The van der Waals surface area contributed by atoms with E-state index in [2.05, 4.69) is 0 Å². The molecule has 2 heterocycles. The number of carbonyl (C=O) groups is 2. The zero-order valence-electron chi connectivity index (χ0n) is 22.9. The molecule has 0 unspecified atom stereocenters. The smallest absolute Gasteiger partial charge is 0.487 e. The summed E-state index contributed by atoms with van der Waals surface area (Å²) in [5, 5.41) is 21.3. The van der Waals surface area contributed by atoms with Crippen LogP contribution in [0.5, 0.6) is 5.75 Å². The van der Waals surface area contributed by atoms with Gasteiger partial charge in [0.15, 0.2) is 0 Å². The molecule has 2 N–H and O–H groups in total. The Bertz CT molecular complexity index is 1430. The van der Waals surface area contributed by atoms with Gasteiger partial charge in [0.05, 0.1) is 34.8 Å². The number of benzene rings is 2. The minimum absolute atomic E-state index is 0.0268. The van der Waals surface area contributed by atoms with E-state index in [1.807, 2.05) is 6.92 Å². The summed E-state index contributed by atoms with van der Waals surface area (Å²) in [6.07, 6.45) is -9.82. The fourth-order valence-corrected chi connectivity index (χ4v) is 6.66. The van der Waals surface area contributed by atoms with E-state index in [0.29, 0.717) is 57.6 Å². The van der Waals surface area contributed by atoms with Crippen LogP contribution in [-0.4, -0.2) is 29.1 Å². The number of hydrogen-bond donors (Lipinski definition) is 2. The van der Waals surface area contributed by atoms with Crippen LogP contribution in [0.4, 0.5) is 32.0 Å². The Hall–Kier alpha value is -3.32. The quantitative estimate of drug-likeness (QED) is 0.241. The number of anilines is 1. The summed E-state index contributed by atoms with van der Waals surface area (Å²) in [6, 6.07) is 4.07. The van der Waals surface area contributed by atoms with Crippen molar-refractivity contribution in [1.82, 2.24) is 0 Å². The molecule has 0 bridgehead atoms. The molecule has 0 spiro atoms. The second-order valence-electron chi connectivity index (χ2n) is 11.2. The fourth-order valence-electron chi connectivity index (χ4n) is 6.66. The van der Waals surface area contributed by atoms with E-state index >= 15 is 0 Å². The van der Waals surface area contributed by atoms with Crippen molar-refractivity contribution in [2.24, 2.45) is 17.8 Å². The van der Waals surface area contributed by atoms with Crippen molar-refractivity contribution < 1.29 is 50.7 Å². The van der Waals surface area contributed by atoms with Crippen LogP contribution in [0.2, 0.25) is 0 Å². The number of halogens is 6. The first-order chi connectivity index (χ1) is 19.5. The van der Waals surface area contributed by atoms with Crippen LogP contribution in [0.15, 0.2) is 41.4 Å². The van der Waals surface area contributed by atoms with Crippen LogP contribution in [0.1, 0.15) is 66.5 Å². The van der Waals surface area contributed by atoms with Crippen molar-refractivity contribution in [1.29, 1.82) is 0 Å². The predicted octanol–water partition coefficient (Wildman–Crippen LogP) is 6.45. The maximum Gasteiger partial charge on any atom is 0.487 e. The number of rotatable bonds is 4. The van der Waals surface area contributed by atoms with Gasteiger partial charge >= 0.3 is 19.5 Å². The summed E-state index contributed by atoms with van der Waals surface area (Å²) >= 11 is 0. The molecule has 2 amide bonds. The van der Waals surface area contributed by atoms with Gasteiger partial charge in [-0.2, -0.15) is 26.3 Å². The van der Waals surface area contributed by atoms with Crippen LogP contribution in [0, 0.1) is 31.6 Å². The zero-order chi connectivity index (χ0) is 30.9. The Labute approximate surface area is 238 Å². The average Bonchev–Trinajstić information content (AvgIpc) is 3.15. The number of aryl methyl sites for hydroxylation is 2. The Morgan fingerprint density at radius 3 is 2.02 bits per heavy atom. The molecule has 3 aliphatic rings. The van der Waals surface area contributed by atoms with Crippen molar-refractivity contribution in [3.63, 3.8) is 0 Å². The number of alkyl halides is 6. The second-order valence-corrected chi connectivity index (χ2v) is 11.2. The minimum Gasteiger partial charge on any atom is -0.507 e. The van der Waals surface area contributed by atoms with Gasteiger partial charge < -0.3 is 14.8 Å². The van der Waals surface area contributed by atoms with E-state index in [1.165, 1.54) is 0 Å². The highest BCUT2D eigenvalue weighted by molar-refractivity contribution is 6.53. The third-order valence-corrected chi connectivity index (χ3v) is 8.48. The van der Waals surface area contributed by atoms with E-state index in [1.54, 1.807) is 26.0 Å². The standard InChI is InChI=1S/C29H28BF6NO5/c1-4-5-15-8-21-23(20-12-22(42-30(41)24(15)20)16-6-13(2)25(38)14(3)7-16)27(40)37(26(21)39)19-10-17(28(31,32)33)9-18(11-19)29(34,35)36/h6-7,9-11,20-23,38,41H,4-5,8,12H2,1-3H3/t20-,21-,22-,23+/m0/s1. The van der Waals surface area contributed by atoms with Gasteiger partial charge in [0.1, 0.15) is 5.75 Å². The van der Waals surface area contributed by atoms with Crippen molar-refractivity contribution in [2.75, 3.05) is 4.90 Å². The first-order valence-electron chi connectivity index (χ1n) is 13.6. The van der Waals surface area contributed by atoms with Crippen molar-refractivity contribution in [3.8, 4) is 5.75 Å². The summed E-state index contributed by atoms with van der Waals surface area (Å²) in [5.74, 6) is -4.59. The van der Waals surface area contributed by atoms with Gasteiger partial charge in [-0.3, -0.25) is 9.59 Å².